The second-order valence-corrected chi connectivity index (χ2v) is 8.05. The van der Waals surface area contributed by atoms with Gasteiger partial charge in [-0.1, -0.05) is 28.1 Å². The first-order valence-corrected chi connectivity index (χ1v) is 8.48. The molecule has 1 heterocycles. The topological polar surface area (TPSA) is 37.4 Å². The van der Waals surface area contributed by atoms with E-state index in [2.05, 4.69) is 15.9 Å². The van der Waals surface area contributed by atoms with Crippen LogP contribution < -0.4 is 0 Å². The Morgan fingerprint density at radius 3 is 2.44 bits per heavy atom. The molecule has 0 aromatic heterocycles. The third-order valence-electron chi connectivity index (χ3n) is 3.34. The van der Waals surface area contributed by atoms with Crippen LogP contribution in [0.1, 0.15) is 24.0 Å². The van der Waals surface area contributed by atoms with Crippen molar-refractivity contribution in [1.29, 1.82) is 0 Å². The molecular weight excluding hydrogens is 314 g/mol. The molecule has 0 saturated carbocycles. The Morgan fingerprint density at radius 1 is 1.22 bits per heavy atom. The van der Waals surface area contributed by atoms with E-state index in [1.54, 1.807) is 10.4 Å². The largest absolute Gasteiger partial charge is 0.243 e. The molecule has 0 aliphatic carbocycles. The molecular formula is C13H18BrNO2S. The van der Waals surface area contributed by atoms with Gasteiger partial charge in [-0.15, -0.1) is 0 Å². The van der Waals surface area contributed by atoms with Crippen molar-refractivity contribution in [2.24, 2.45) is 0 Å². The Labute approximate surface area is 117 Å². The zero-order valence-corrected chi connectivity index (χ0v) is 13.1. The Bertz CT molecular complexity index is 534. The third-order valence-corrected chi connectivity index (χ3v) is 6.30. The van der Waals surface area contributed by atoms with Gasteiger partial charge in [0.05, 0.1) is 4.90 Å². The molecule has 5 heteroatoms. The van der Waals surface area contributed by atoms with Crippen LogP contribution in [0.3, 0.4) is 0 Å². The van der Waals surface area contributed by atoms with Gasteiger partial charge in [0.25, 0.3) is 0 Å². The first kappa shape index (κ1) is 14.0. The number of hydrogen-bond donors (Lipinski definition) is 0. The number of benzene rings is 1. The quantitative estimate of drug-likeness (QED) is 0.781. The van der Waals surface area contributed by atoms with Crippen molar-refractivity contribution in [2.75, 3.05) is 13.1 Å². The summed E-state index contributed by atoms with van der Waals surface area (Å²) in [5.41, 5.74) is 1.80. The summed E-state index contributed by atoms with van der Waals surface area (Å²) >= 11 is 3.54. The van der Waals surface area contributed by atoms with Crippen LogP contribution in [-0.4, -0.2) is 30.6 Å². The Balaban J connectivity index is 2.33. The summed E-state index contributed by atoms with van der Waals surface area (Å²) in [5, 5.41) is 0. The lowest BCUT2D eigenvalue weighted by Crippen LogP contribution is -2.38. The van der Waals surface area contributed by atoms with Crippen molar-refractivity contribution in [2.45, 2.75) is 36.4 Å². The Morgan fingerprint density at radius 2 is 1.83 bits per heavy atom. The molecule has 0 radical (unpaired) electrons. The van der Waals surface area contributed by atoms with Crippen LogP contribution in [0.25, 0.3) is 0 Å². The summed E-state index contributed by atoms with van der Waals surface area (Å²) in [6.07, 6.45) is 1.76. The van der Waals surface area contributed by atoms with Crippen LogP contribution in [0.4, 0.5) is 0 Å². The fraction of sp³-hybridized carbons (Fsp3) is 0.538. The zero-order valence-electron chi connectivity index (χ0n) is 10.7. The molecule has 18 heavy (non-hydrogen) atoms. The van der Waals surface area contributed by atoms with E-state index >= 15 is 0 Å². The van der Waals surface area contributed by atoms with E-state index in [9.17, 15) is 8.42 Å². The van der Waals surface area contributed by atoms with Gasteiger partial charge < -0.3 is 0 Å². The summed E-state index contributed by atoms with van der Waals surface area (Å²) in [6, 6.07) is 5.59. The van der Waals surface area contributed by atoms with Crippen molar-refractivity contribution in [1.82, 2.24) is 4.31 Å². The number of sulfonamides is 1. The van der Waals surface area contributed by atoms with Gasteiger partial charge in [0.2, 0.25) is 10.0 Å². The highest BCUT2D eigenvalue weighted by molar-refractivity contribution is 9.09. The number of hydrogen-bond acceptors (Lipinski definition) is 2. The number of piperidine rings is 1. The van der Waals surface area contributed by atoms with Crippen LogP contribution in [0.15, 0.2) is 23.1 Å². The normalized spacial score (nSPS) is 19.1. The fourth-order valence-electron chi connectivity index (χ4n) is 2.19. The Kier molecular flexibility index (Phi) is 4.14. The lowest BCUT2D eigenvalue weighted by Gasteiger charge is -2.29. The minimum atomic E-state index is -3.33. The number of alkyl halides is 1. The van der Waals surface area contributed by atoms with Gasteiger partial charge >= 0.3 is 0 Å². The van der Waals surface area contributed by atoms with E-state index in [-0.39, 0.29) is 0 Å². The number of halogens is 1. The van der Waals surface area contributed by atoms with Crippen LogP contribution in [-0.2, 0) is 10.0 Å². The van der Waals surface area contributed by atoms with Crippen molar-refractivity contribution in [3.8, 4) is 0 Å². The highest BCUT2D eigenvalue weighted by atomic mass is 79.9. The summed E-state index contributed by atoms with van der Waals surface area (Å²) < 4.78 is 26.8. The summed E-state index contributed by atoms with van der Waals surface area (Å²) in [6.45, 7) is 4.98. The maximum absolute atomic E-state index is 12.6. The van der Waals surface area contributed by atoms with E-state index in [4.69, 9.17) is 0 Å². The van der Waals surface area contributed by atoms with E-state index in [1.807, 2.05) is 26.0 Å². The molecule has 3 nitrogen and oxygen atoms in total. The van der Waals surface area contributed by atoms with Gasteiger partial charge in [0.15, 0.2) is 0 Å². The average Bonchev–Trinajstić information content (AvgIpc) is 2.32. The average molecular weight is 332 g/mol. The van der Waals surface area contributed by atoms with Crippen molar-refractivity contribution < 1.29 is 8.42 Å². The van der Waals surface area contributed by atoms with Gasteiger partial charge in [-0.05, 0) is 43.9 Å². The molecule has 1 aliphatic rings. The minimum absolute atomic E-state index is 0.447. The lowest BCUT2D eigenvalue weighted by atomic mass is 10.2. The van der Waals surface area contributed by atoms with Gasteiger partial charge in [0, 0.05) is 17.9 Å². The molecule has 1 aliphatic heterocycles. The molecule has 100 valence electrons. The summed E-state index contributed by atoms with van der Waals surface area (Å²) in [5.74, 6) is 0. The summed E-state index contributed by atoms with van der Waals surface area (Å²) in [7, 11) is -3.33. The Hall–Kier alpha value is -0.390. The minimum Gasteiger partial charge on any atom is -0.207 e. The zero-order chi connectivity index (χ0) is 13.3. The standard InChI is InChI=1S/C13H18BrNO2S/c1-10-3-4-11(2)13(9-10)18(16,17)15-7-5-12(14)6-8-15/h3-4,9,12H,5-8H2,1-2H3. The number of rotatable bonds is 2. The number of aryl methyl sites for hydroxylation is 2. The molecule has 2 rings (SSSR count). The van der Waals surface area contributed by atoms with Gasteiger partial charge in [-0.3, -0.25) is 0 Å². The van der Waals surface area contributed by atoms with Gasteiger partial charge in [0.1, 0.15) is 0 Å². The maximum Gasteiger partial charge on any atom is 0.243 e. The molecule has 1 aromatic carbocycles. The smallest absolute Gasteiger partial charge is 0.207 e. The second kappa shape index (κ2) is 5.31. The molecule has 0 unspecified atom stereocenters. The molecule has 0 spiro atoms. The molecule has 1 fully saturated rings. The predicted octanol–water partition coefficient (Wildman–Crippen LogP) is 2.85. The highest BCUT2D eigenvalue weighted by Crippen LogP contribution is 2.26. The maximum atomic E-state index is 12.6. The van der Waals surface area contributed by atoms with Crippen molar-refractivity contribution >= 4 is 26.0 Å². The summed E-state index contributed by atoms with van der Waals surface area (Å²) in [4.78, 5) is 0.901. The van der Waals surface area contributed by atoms with Crippen LogP contribution >= 0.6 is 15.9 Å². The molecule has 1 aromatic rings. The first-order valence-electron chi connectivity index (χ1n) is 6.13. The van der Waals surface area contributed by atoms with Crippen LogP contribution in [0, 0.1) is 13.8 Å². The molecule has 0 bridgehead atoms. The predicted molar refractivity (Wildman–Crippen MR) is 76.6 cm³/mol. The van der Waals surface area contributed by atoms with E-state index in [0.717, 1.165) is 24.0 Å². The lowest BCUT2D eigenvalue weighted by molar-refractivity contribution is 0.354. The monoisotopic (exact) mass is 331 g/mol. The SMILES string of the molecule is Cc1ccc(C)c(S(=O)(=O)N2CCC(Br)CC2)c1. The van der Waals surface area contributed by atoms with Gasteiger partial charge in [-0.2, -0.15) is 4.31 Å². The van der Waals surface area contributed by atoms with E-state index in [1.165, 1.54) is 0 Å². The van der Waals surface area contributed by atoms with Crippen molar-refractivity contribution in [3.63, 3.8) is 0 Å². The molecule has 0 N–H and O–H groups in total. The molecule has 0 atom stereocenters. The highest BCUT2D eigenvalue weighted by Gasteiger charge is 2.29. The fourth-order valence-corrected chi connectivity index (χ4v) is 4.38. The second-order valence-electron chi connectivity index (χ2n) is 4.85. The third kappa shape index (κ3) is 2.78. The molecule has 0 amide bonds. The molecule has 1 saturated heterocycles. The first-order chi connectivity index (χ1) is 8.41. The van der Waals surface area contributed by atoms with Crippen molar-refractivity contribution in [3.05, 3.63) is 29.3 Å². The van der Waals surface area contributed by atoms with Gasteiger partial charge in [-0.25, -0.2) is 8.42 Å². The van der Waals surface area contributed by atoms with E-state index < -0.39 is 10.0 Å². The van der Waals surface area contributed by atoms with Crippen LogP contribution in [0.5, 0.6) is 0 Å². The van der Waals surface area contributed by atoms with Crippen LogP contribution in [0.2, 0.25) is 0 Å². The number of nitrogens with zero attached hydrogens (tertiary/aromatic N) is 1. The van der Waals surface area contributed by atoms with E-state index in [0.29, 0.717) is 22.8 Å².